The summed E-state index contributed by atoms with van der Waals surface area (Å²) in [6, 6.07) is 5.74. The van der Waals surface area contributed by atoms with Gasteiger partial charge in [0.05, 0.1) is 11.2 Å². The van der Waals surface area contributed by atoms with Crippen LogP contribution in [0, 0.1) is 5.92 Å². The van der Waals surface area contributed by atoms with E-state index in [1.807, 2.05) is 32.0 Å². The molecule has 3 rings (SSSR count). The number of hydrogen-bond donors (Lipinski definition) is 2. The van der Waals surface area contributed by atoms with E-state index in [9.17, 15) is 9.90 Å². The molecule has 2 aromatic rings. The summed E-state index contributed by atoms with van der Waals surface area (Å²) < 4.78 is 0. The molecule has 1 amide bonds. The number of amides is 1. The summed E-state index contributed by atoms with van der Waals surface area (Å²) in [6.45, 7) is 3.73. The summed E-state index contributed by atoms with van der Waals surface area (Å²) >= 11 is 0. The van der Waals surface area contributed by atoms with Gasteiger partial charge in [0.15, 0.2) is 5.65 Å². The molecule has 0 aliphatic heterocycles. The van der Waals surface area contributed by atoms with E-state index in [4.69, 9.17) is 0 Å². The Morgan fingerprint density at radius 1 is 1.26 bits per heavy atom. The Hall–Kier alpha value is -2.01. The molecule has 1 aliphatic carbocycles. The number of aromatic nitrogens is 2. The van der Waals surface area contributed by atoms with Gasteiger partial charge in [0, 0.05) is 23.8 Å². The number of carbonyl (C=O) groups excluding carboxylic acids is 1. The molecule has 1 aliphatic rings. The molecule has 2 aromatic heterocycles. The fourth-order valence-corrected chi connectivity index (χ4v) is 3.30. The van der Waals surface area contributed by atoms with E-state index in [-0.39, 0.29) is 11.9 Å². The Kier molecular flexibility index (Phi) is 4.31. The highest BCUT2D eigenvalue weighted by atomic mass is 16.3. The second-order valence-corrected chi connectivity index (χ2v) is 6.95. The van der Waals surface area contributed by atoms with E-state index < -0.39 is 5.60 Å². The summed E-state index contributed by atoms with van der Waals surface area (Å²) in [5, 5.41) is 14.0. The summed E-state index contributed by atoms with van der Waals surface area (Å²) in [7, 11) is 0. The van der Waals surface area contributed by atoms with E-state index >= 15 is 0 Å². The van der Waals surface area contributed by atoms with Crippen LogP contribution in [0.5, 0.6) is 0 Å². The van der Waals surface area contributed by atoms with Crippen LogP contribution < -0.4 is 5.32 Å². The lowest BCUT2D eigenvalue weighted by molar-refractivity contribution is -0.00257. The highest BCUT2D eigenvalue weighted by molar-refractivity contribution is 5.96. The zero-order chi connectivity index (χ0) is 16.4. The van der Waals surface area contributed by atoms with E-state index in [1.54, 1.807) is 12.4 Å². The van der Waals surface area contributed by atoms with Crippen LogP contribution >= 0.6 is 0 Å². The van der Waals surface area contributed by atoms with Crippen molar-refractivity contribution in [2.75, 3.05) is 0 Å². The first-order chi connectivity index (χ1) is 10.9. The summed E-state index contributed by atoms with van der Waals surface area (Å²) in [6.07, 6.45) is 6.96. The van der Waals surface area contributed by atoms with Gasteiger partial charge in [-0.2, -0.15) is 0 Å². The molecule has 5 heteroatoms. The third-order valence-electron chi connectivity index (χ3n) is 4.78. The van der Waals surface area contributed by atoms with E-state index in [1.165, 1.54) is 0 Å². The molecule has 0 bridgehead atoms. The van der Waals surface area contributed by atoms with Crippen molar-refractivity contribution >= 4 is 16.9 Å². The Balaban J connectivity index is 1.63. The minimum atomic E-state index is -0.635. The Morgan fingerprint density at radius 3 is 2.70 bits per heavy atom. The monoisotopic (exact) mass is 313 g/mol. The molecule has 0 spiro atoms. The lowest BCUT2D eigenvalue weighted by Gasteiger charge is -2.36. The van der Waals surface area contributed by atoms with E-state index in [0.29, 0.717) is 17.1 Å². The normalized spacial score (nSPS) is 22.0. The first-order valence-corrected chi connectivity index (χ1v) is 8.17. The van der Waals surface area contributed by atoms with Crippen LogP contribution in [0.2, 0.25) is 0 Å². The first kappa shape index (κ1) is 15.9. The molecule has 2 heterocycles. The van der Waals surface area contributed by atoms with E-state index in [2.05, 4.69) is 15.3 Å². The van der Waals surface area contributed by atoms with Gasteiger partial charge in [-0.1, -0.05) is 0 Å². The zero-order valence-corrected chi connectivity index (χ0v) is 13.6. The minimum absolute atomic E-state index is 0.0880. The van der Waals surface area contributed by atoms with Crippen LogP contribution in [0.1, 0.15) is 49.9 Å². The van der Waals surface area contributed by atoms with Crippen LogP contribution in [0.4, 0.5) is 0 Å². The van der Waals surface area contributed by atoms with Gasteiger partial charge in [0.25, 0.3) is 5.91 Å². The largest absolute Gasteiger partial charge is 0.390 e. The van der Waals surface area contributed by atoms with Crippen molar-refractivity contribution in [2.45, 2.75) is 51.2 Å². The van der Waals surface area contributed by atoms with Gasteiger partial charge >= 0.3 is 0 Å². The van der Waals surface area contributed by atoms with Crippen molar-refractivity contribution in [3.05, 3.63) is 36.2 Å². The maximum atomic E-state index is 12.4. The Morgan fingerprint density at radius 2 is 2.00 bits per heavy atom. The SMILES string of the molecule is CC(C)(O)[C@H]1CC[C@H](NC(=O)c2cnc3ncccc3c2)CC1. The molecular weight excluding hydrogens is 290 g/mol. The van der Waals surface area contributed by atoms with Gasteiger partial charge < -0.3 is 10.4 Å². The van der Waals surface area contributed by atoms with Crippen molar-refractivity contribution < 1.29 is 9.90 Å². The van der Waals surface area contributed by atoms with Crippen molar-refractivity contribution in [1.29, 1.82) is 0 Å². The van der Waals surface area contributed by atoms with Crippen LogP contribution in [-0.4, -0.2) is 32.6 Å². The lowest BCUT2D eigenvalue weighted by Crippen LogP contribution is -2.41. The highest BCUT2D eigenvalue weighted by Gasteiger charge is 2.31. The first-order valence-electron chi connectivity index (χ1n) is 8.17. The number of nitrogens with one attached hydrogen (secondary N) is 1. The maximum Gasteiger partial charge on any atom is 0.253 e. The highest BCUT2D eigenvalue weighted by Crippen LogP contribution is 2.32. The molecule has 2 N–H and O–H groups in total. The number of carbonyl (C=O) groups is 1. The average molecular weight is 313 g/mol. The fraction of sp³-hybridized carbons (Fsp3) is 0.500. The predicted molar refractivity (Wildman–Crippen MR) is 89.0 cm³/mol. The molecular formula is C18H23N3O2. The molecule has 0 radical (unpaired) electrons. The second-order valence-electron chi connectivity index (χ2n) is 6.95. The molecule has 0 atom stereocenters. The molecule has 5 nitrogen and oxygen atoms in total. The number of pyridine rings is 2. The van der Waals surface area contributed by atoms with Crippen molar-refractivity contribution in [3.8, 4) is 0 Å². The summed E-state index contributed by atoms with van der Waals surface area (Å²) in [4.78, 5) is 20.8. The van der Waals surface area contributed by atoms with Crippen molar-refractivity contribution in [3.63, 3.8) is 0 Å². The number of hydrogen-bond acceptors (Lipinski definition) is 4. The van der Waals surface area contributed by atoms with Crippen LogP contribution in [0.3, 0.4) is 0 Å². The topological polar surface area (TPSA) is 75.1 Å². The average Bonchev–Trinajstić information content (AvgIpc) is 2.54. The molecule has 1 fully saturated rings. The van der Waals surface area contributed by atoms with Gasteiger partial charge in [-0.15, -0.1) is 0 Å². The zero-order valence-electron chi connectivity index (χ0n) is 13.6. The third-order valence-corrected chi connectivity index (χ3v) is 4.78. The van der Waals surface area contributed by atoms with Gasteiger partial charge in [0.1, 0.15) is 0 Å². The number of nitrogens with zero attached hydrogens (tertiary/aromatic N) is 2. The number of aliphatic hydroxyl groups is 1. The van der Waals surface area contributed by atoms with Gasteiger partial charge in [-0.25, -0.2) is 9.97 Å². The third kappa shape index (κ3) is 3.67. The summed E-state index contributed by atoms with van der Waals surface area (Å²) in [5.41, 5.74) is 0.578. The number of fused-ring (bicyclic) bond motifs is 1. The van der Waals surface area contributed by atoms with Crippen molar-refractivity contribution in [1.82, 2.24) is 15.3 Å². The van der Waals surface area contributed by atoms with Crippen molar-refractivity contribution in [2.24, 2.45) is 5.92 Å². The molecule has 0 saturated heterocycles. The van der Waals surface area contributed by atoms with Gasteiger partial charge in [-0.05, 0) is 63.6 Å². The lowest BCUT2D eigenvalue weighted by atomic mass is 9.77. The van der Waals surface area contributed by atoms with Crippen LogP contribution in [-0.2, 0) is 0 Å². The molecule has 0 unspecified atom stereocenters. The minimum Gasteiger partial charge on any atom is -0.390 e. The van der Waals surface area contributed by atoms with E-state index in [0.717, 1.165) is 31.1 Å². The maximum absolute atomic E-state index is 12.4. The smallest absolute Gasteiger partial charge is 0.253 e. The molecule has 0 aromatic carbocycles. The standard InChI is InChI=1S/C18H23N3O2/c1-18(2,23)14-5-7-15(8-6-14)21-17(22)13-10-12-4-3-9-19-16(12)20-11-13/h3-4,9-11,14-15,23H,5-8H2,1-2H3,(H,21,22)/t14-,15-. The Labute approximate surface area is 136 Å². The quantitative estimate of drug-likeness (QED) is 0.913. The number of rotatable bonds is 3. The van der Waals surface area contributed by atoms with Crippen LogP contribution in [0.25, 0.3) is 11.0 Å². The Bertz CT molecular complexity index is 701. The van der Waals surface area contributed by atoms with Crippen LogP contribution in [0.15, 0.2) is 30.6 Å². The second kappa shape index (κ2) is 6.24. The molecule has 23 heavy (non-hydrogen) atoms. The fourth-order valence-electron chi connectivity index (χ4n) is 3.30. The van der Waals surface area contributed by atoms with Gasteiger partial charge in [0.2, 0.25) is 0 Å². The predicted octanol–water partition coefficient (Wildman–Crippen LogP) is 2.69. The molecule has 1 saturated carbocycles. The molecule has 122 valence electrons. The van der Waals surface area contributed by atoms with Gasteiger partial charge in [-0.3, -0.25) is 4.79 Å². The summed E-state index contributed by atoms with van der Waals surface area (Å²) in [5.74, 6) is 0.221.